The van der Waals surface area contributed by atoms with Crippen molar-refractivity contribution in [1.29, 1.82) is 5.26 Å². The second-order valence-electron chi connectivity index (χ2n) is 4.73. The summed E-state index contributed by atoms with van der Waals surface area (Å²) in [5.74, 6) is 0.542. The van der Waals surface area contributed by atoms with E-state index in [0.29, 0.717) is 12.3 Å². The van der Waals surface area contributed by atoms with Gasteiger partial charge in [-0.05, 0) is 30.0 Å². The number of carbonyl (C=O) groups is 1. The molecule has 0 saturated carbocycles. The lowest BCUT2D eigenvalue weighted by Gasteiger charge is -2.10. The Morgan fingerprint density at radius 3 is 2.39 bits per heavy atom. The van der Waals surface area contributed by atoms with E-state index >= 15 is 0 Å². The first kappa shape index (κ1) is 14.2. The smallest absolute Gasteiger partial charge is 0.154 e. The summed E-state index contributed by atoms with van der Waals surface area (Å²) >= 11 is 0. The average Bonchev–Trinajstić information content (AvgIpc) is 2.38. The summed E-state index contributed by atoms with van der Waals surface area (Å²) in [5, 5.41) is 9.14. The minimum atomic E-state index is -0.658. The number of nitriles is 1. The van der Waals surface area contributed by atoms with E-state index in [1.165, 1.54) is 0 Å². The highest BCUT2D eigenvalue weighted by atomic mass is 16.5. The number of hydrogen-bond acceptors (Lipinski definition) is 3. The van der Waals surface area contributed by atoms with Gasteiger partial charge in [-0.1, -0.05) is 26.0 Å². The molecule has 3 nitrogen and oxygen atoms in total. The first-order valence-electron chi connectivity index (χ1n) is 6.14. The van der Waals surface area contributed by atoms with Gasteiger partial charge in [0.05, 0.1) is 13.2 Å². The highest BCUT2D eigenvalue weighted by molar-refractivity contribution is 5.88. The minimum absolute atomic E-state index is 0.00336. The highest BCUT2D eigenvalue weighted by Crippen LogP contribution is 2.22. The van der Waals surface area contributed by atoms with Crippen molar-refractivity contribution in [3.63, 3.8) is 0 Å². The number of ketones is 1. The predicted molar refractivity (Wildman–Crippen MR) is 70.4 cm³/mol. The SMILES string of the molecule is COc1ccc(C(C#N)C(=O)CCC(C)C)cc1. The molecule has 18 heavy (non-hydrogen) atoms. The lowest BCUT2D eigenvalue weighted by atomic mass is 9.92. The van der Waals surface area contributed by atoms with E-state index < -0.39 is 5.92 Å². The summed E-state index contributed by atoms with van der Waals surface area (Å²) in [6.07, 6.45) is 1.29. The molecule has 0 aliphatic carbocycles. The van der Waals surface area contributed by atoms with Crippen LogP contribution in [0.3, 0.4) is 0 Å². The van der Waals surface area contributed by atoms with E-state index in [1.807, 2.05) is 0 Å². The van der Waals surface area contributed by atoms with Crippen LogP contribution in [-0.4, -0.2) is 12.9 Å². The second kappa shape index (κ2) is 6.80. The molecule has 0 N–H and O–H groups in total. The van der Waals surface area contributed by atoms with Crippen molar-refractivity contribution in [3.05, 3.63) is 29.8 Å². The number of rotatable bonds is 6. The van der Waals surface area contributed by atoms with E-state index in [-0.39, 0.29) is 5.78 Å². The van der Waals surface area contributed by atoms with Gasteiger partial charge in [0.15, 0.2) is 5.78 Å². The molecular weight excluding hydrogens is 226 g/mol. The van der Waals surface area contributed by atoms with Crippen LogP contribution in [0.5, 0.6) is 5.75 Å². The van der Waals surface area contributed by atoms with Crippen LogP contribution in [0.4, 0.5) is 0 Å². The highest BCUT2D eigenvalue weighted by Gasteiger charge is 2.19. The van der Waals surface area contributed by atoms with Gasteiger partial charge >= 0.3 is 0 Å². The summed E-state index contributed by atoms with van der Waals surface area (Å²) in [7, 11) is 1.59. The Labute approximate surface area is 108 Å². The largest absolute Gasteiger partial charge is 0.497 e. The Kier molecular flexibility index (Phi) is 5.38. The molecular formula is C15H19NO2. The first-order valence-corrected chi connectivity index (χ1v) is 6.14. The van der Waals surface area contributed by atoms with E-state index in [2.05, 4.69) is 19.9 Å². The molecule has 0 amide bonds. The molecule has 1 aromatic carbocycles. The van der Waals surface area contributed by atoms with Crippen LogP contribution in [0.2, 0.25) is 0 Å². The third kappa shape index (κ3) is 3.89. The molecule has 0 aromatic heterocycles. The Morgan fingerprint density at radius 1 is 1.33 bits per heavy atom. The van der Waals surface area contributed by atoms with Crippen molar-refractivity contribution in [2.24, 2.45) is 5.92 Å². The maximum absolute atomic E-state index is 12.0. The van der Waals surface area contributed by atoms with Gasteiger partial charge in [-0.25, -0.2) is 0 Å². The number of methoxy groups -OCH3 is 1. The summed E-state index contributed by atoms with van der Waals surface area (Å²) in [4.78, 5) is 12.0. The molecule has 1 unspecified atom stereocenters. The molecule has 96 valence electrons. The fourth-order valence-corrected chi connectivity index (χ4v) is 1.70. The first-order chi connectivity index (χ1) is 8.58. The normalized spacial score (nSPS) is 11.9. The quantitative estimate of drug-likeness (QED) is 0.772. The van der Waals surface area contributed by atoms with Crippen molar-refractivity contribution in [2.45, 2.75) is 32.6 Å². The summed E-state index contributed by atoms with van der Waals surface area (Å²) in [5.41, 5.74) is 0.743. The third-order valence-corrected chi connectivity index (χ3v) is 2.87. The molecule has 1 aromatic rings. The Hall–Kier alpha value is -1.82. The van der Waals surface area contributed by atoms with Crippen molar-refractivity contribution in [1.82, 2.24) is 0 Å². The van der Waals surface area contributed by atoms with Crippen molar-refractivity contribution < 1.29 is 9.53 Å². The molecule has 0 spiro atoms. The van der Waals surface area contributed by atoms with Crippen molar-refractivity contribution in [2.75, 3.05) is 7.11 Å². The van der Waals surface area contributed by atoms with Gasteiger partial charge in [-0.3, -0.25) is 4.79 Å². The molecule has 0 bridgehead atoms. The standard InChI is InChI=1S/C15H19NO2/c1-11(2)4-9-15(17)14(10-16)12-5-7-13(18-3)8-6-12/h5-8,11,14H,4,9H2,1-3H3. The lowest BCUT2D eigenvalue weighted by molar-refractivity contribution is -0.119. The zero-order valence-electron chi connectivity index (χ0n) is 11.1. The van der Waals surface area contributed by atoms with Gasteiger partial charge in [-0.2, -0.15) is 5.26 Å². The van der Waals surface area contributed by atoms with Crippen LogP contribution in [0.1, 0.15) is 38.2 Å². The van der Waals surface area contributed by atoms with Crippen LogP contribution in [0.15, 0.2) is 24.3 Å². The fourth-order valence-electron chi connectivity index (χ4n) is 1.70. The van der Waals surface area contributed by atoms with Crippen LogP contribution < -0.4 is 4.74 Å². The van der Waals surface area contributed by atoms with Gasteiger partial charge in [0, 0.05) is 6.42 Å². The fraction of sp³-hybridized carbons (Fsp3) is 0.467. The van der Waals surface area contributed by atoms with Crippen molar-refractivity contribution >= 4 is 5.78 Å². The summed E-state index contributed by atoms with van der Waals surface area (Å²) in [6.45, 7) is 4.14. The lowest BCUT2D eigenvalue weighted by Crippen LogP contribution is -2.11. The van der Waals surface area contributed by atoms with E-state index in [4.69, 9.17) is 10.00 Å². The maximum atomic E-state index is 12.0. The maximum Gasteiger partial charge on any atom is 0.154 e. The van der Waals surface area contributed by atoms with E-state index in [1.54, 1.807) is 31.4 Å². The average molecular weight is 245 g/mol. The van der Waals surface area contributed by atoms with Crippen LogP contribution in [-0.2, 0) is 4.79 Å². The summed E-state index contributed by atoms with van der Waals surface area (Å²) in [6, 6.07) is 9.19. The van der Waals surface area contributed by atoms with E-state index in [0.717, 1.165) is 17.7 Å². The van der Waals surface area contributed by atoms with Crippen molar-refractivity contribution in [3.8, 4) is 11.8 Å². The van der Waals surface area contributed by atoms with E-state index in [9.17, 15) is 4.79 Å². The molecule has 3 heteroatoms. The summed E-state index contributed by atoms with van der Waals surface area (Å²) < 4.78 is 5.05. The number of nitrogens with zero attached hydrogens (tertiary/aromatic N) is 1. The monoisotopic (exact) mass is 245 g/mol. The topological polar surface area (TPSA) is 50.1 Å². The minimum Gasteiger partial charge on any atom is -0.497 e. The number of ether oxygens (including phenoxy) is 1. The second-order valence-corrected chi connectivity index (χ2v) is 4.73. The molecule has 0 saturated heterocycles. The van der Waals surface area contributed by atoms with Gasteiger partial charge < -0.3 is 4.74 Å². The number of hydrogen-bond donors (Lipinski definition) is 0. The molecule has 1 rings (SSSR count). The molecule has 0 radical (unpaired) electrons. The number of Topliss-reactive ketones (excluding diaryl/α,β-unsaturated/α-hetero) is 1. The predicted octanol–water partition coefficient (Wildman–Crippen LogP) is 3.31. The molecule has 0 aliphatic rings. The third-order valence-electron chi connectivity index (χ3n) is 2.87. The van der Waals surface area contributed by atoms with Gasteiger partial charge in [0.1, 0.15) is 11.7 Å². The van der Waals surface area contributed by atoms with Crippen LogP contribution >= 0.6 is 0 Å². The Bertz CT molecular complexity index is 429. The van der Waals surface area contributed by atoms with Gasteiger partial charge in [0.2, 0.25) is 0 Å². The zero-order valence-corrected chi connectivity index (χ0v) is 11.1. The number of benzene rings is 1. The van der Waals surface area contributed by atoms with Crippen LogP contribution in [0, 0.1) is 17.2 Å². The number of carbonyl (C=O) groups excluding carboxylic acids is 1. The molecule has 0 fully saturated rings. The zero-order chi connectivity index (χ0) is 13.5. The van der Waals surface area contributed by atoms with Crippen LogP contribution in [0.25, 0.3) is 0 Å². The Balaban J connectivity index is 2.76. The molecule has 1 atom stereocenters. The Morgan fingerprint density at radius 2 is 1.94 bits per heavy atom. The molecule has 0 aliphatic heterocycles. The molecule has 0 heterocycles. The van der Waals surface area contributed by atoms with Gasteiger partial charge in [0.25, 0.3) is 0 Å². The van der Waals surface area contributed by atoms with Gasteiger partial charge in [-0.15, -0.1) is 0 Å².